The molecule has 0 aliphatic heterocycles. The molecule has 1 aromatic carbocycles. The molecule has 2 amide bonds. The number of ether oxygens (including phenoxy) is 2. The topological polar surface area (TPSA) is 107 Å². The first-order chi connectivity index (χ1) is 13.9. The fourth-order valence-electron chi connectivity index (χ4n) is 2.08. The van der Waals surface area contributed by atoms with E-state index in [4.69, 9.17) is 21.1 Å². The maximum atomic E-state index is 12.7. The van der Waals surface area contributed by atoms with Gasteiger partial charge in [0.05, 0.1) is 17.6 Å². The van der Waals surface area contributed by atoms with Crippen molar-refractivity contribution in [3.8, 4) is 11.6 Å². The number of halogens is 4. The number of nitro groups is 1. The highest BCUT2D eigenvalue weighted by molar-refractivity contribution is 6.31. The minimum atomic E-state index is -4.64. The van der Waals surface area contributed by atoms with Crippen LogP contribution >= 0.6 is 11.6 Å². The molecule has 0 spiro atoms. The van der Waals surface area contributed by atoms with Gasteiger partial charge in [-0.2, -0.15) is 18.2 Å². The number of carbonyl (C=O) groups excluding carboxylic acids is 1. The van der Waals surface area contributed by atoms with Crippen LogP contribution in [0.3, 0.4) is 0 Å². The first kappa shape index (κ1) is 22.9. The third-order valence-corrected chi connectivity index (χ3v) is 3.79. The molecular weight excluding hydrogens is 433 g/mol. The lowest BCUT2D eigenvalue weighted by atomic mass is 10.1. The Bertz CT molecular complexity index is 1010. The van der Waals surface area contributed by atoms with Crippen LogP contribution in [-0.2, 0) is 10.9 Å². The first-order valence-electron chi connectivity index (χ1n) is 7.97. The second-order valence-corrected chi connectivity index (χ2v) is 6.25. The SMILES string of the molecule is COC(=NC(=O)N(C)C)c1cc(Oc2ncc(C(F)(F)F)cc2Cl)ccc1[N+](=O)[O-]. The van der Waals surface area contributed by atoms with Crippen molar-refractivity contribution in [2.75, 3.05) is 21.2 Å². The average Bonchev–Trinajstić information content (AvgIpc) is 2.66. The van der Waals surface area contributed by atoms with E-state index in [1.54, 1.807) is 0 Å². The van der Waals surface area contributed by atoms with Crippen molar-refractivity contribution in [1.29, 1.82) is 0 Å². The summed E-state index contributed by atoms with van der Waals surface area (Å²) in [5, 5.41) is 10.9. The van der Waals surface area contributed by atoms with Crippen LogP contribution in [0.1, 0.15) is 11.1 Å². The molecular formula is C17H14ClF3N4O5. The van der Waals surface area contributed by atoms with Crippen molar-refractivity contribution < 1.29 is 32.4 Å². The van der Waals surface area contributed by atoms with Crippen LogP contribution in [0.25, 0.3) is 0 Å². The van der Waals surface area contributed by atoms with E-state index in [1.165, 1.54) is 20.2 Å². The lowest BCUT2D eigenvalue weighted by molar-refractivity contribution is -0.385. The lowest BCUT2D eigenvalue weighted by Crippen LogP contribution is -2.20. The van der Waals surface area contributed by atoms with E-state index >= 15 is 0 Å². The molecule has 1 aromatic heterocycles. The van der Waals surface area contributed by atoms with E-state index in [0.717, 1.165) is 24.1 Å². The molecule has 0 N–H and O–H groups in total. The fraction of sp³-hybridized carbons (Fsp3) is 0.235. The number of aliphatic imine (C=N–C) groups is 1. The molecule has 160 valence electrons. The summed E-state index contributed by atoms with van der Waals surface area (Å²) in [4.78, 5) is 30.8. The quantitative estimate of drug-likeness (QED) is 0.295. The van der Waals surface area contributed by atoms with E-state index in [2.05, 4.69) is 9.98 Å². The predicted molar refractivity (Wildman–Crippen MR) is 100 cm³/mol. The Labute approximate surface area is 172 Å². The molecule has 0 aliphatic rings. The summed E-state index contributed by atoms with van der Waals surface area (Å²) in [5.74, 6) is -0.783. The summed E-state index contributed by atoms with van der Waals surface area (Å²) in [6.45, 7) is 0. The number of rotatable bonds is 4. The molecule has 9 nitrogen and oxygen atoms in total. The van der Waals surface area contributed by atoms with E-state index in [-0.39, 0.29) is 23.1 Å². The maximum Gasteiger partial charge on any atom is 0.417 e. The number of nitro benzene ring substituents is 1. The highest BCUT2D eigenvalue weighted by atomic mass is 35.5. The van der Waals surface area contributed by atoms with Gasteiger partial charge in [0.15, 0.2) is 0 Å². The van der Waals surface area contributed by atoms with Gasteiger partial charge in [0.25, 0.3) is 5.69 Å². The highest BCUT2D eigenvalue weighted by Gasteiger charge is 2.32. The molecule has 0 fully saturated rings. The summed E-state index contributed by atoms with van der Waals surface area (Å²) in [6.07, 6.45) is -4.11. The minimum absolute atomic E-state index is 0.0631. The Morgan fingerprint density at radius 2 is 1.97 bits per heavy atom. The zero-order valence-corrected chi connectivity index (χ0v) is 16.5. The normalized spacial score (nSPS) is 11.8. The number of amides is 2. The monoisotopic (exact) mass is 446 g/mol. The van der Waals surface area contributed by atoms with E-state index < -0.39 is 33.4 Å². The number of benzene rings is 1. The number of urea groups is 1. The Kier molecular flexibility index (Phi) is 6.82. The Hall–Kier alpha value is -3.41. The predicted octanol–water partition coefficient (Wildman–Crippen LogP) is 4.53. The maximum absolute atomic E-state index is 12.7. The lowest BCUT2D eigenvalue weighted by Gasteiger charge is -2.12. The van der Waals surface area contributed by atoms with Gasteiger partial charge in [-0.25, -0.2) is 9.78 Å². The third-order valence-electron chi connectivity index (χ3n) is 3.52. The molecule has 0 bridgehead atoms. The van der Waals surface area contributed by atoms with Crippen LogP contribution in [0.4, 0.5) is 23.7 Å². The van der Waals surface area contributed by atoms with Crippen molar-refractivity contribution in [3.63, 3.8) is 0 Å². The molecule has 2 aromatic rings. The molecule has 1 heterocycles. The highest BCUT2D eigenvalue weighted by Crippen LogP contribution is 2.35. The minimum Gasteiger partial charge on any atom is -0.480 e. The summed E-state index contributed by atoms with van der Waals surface area (Å²) >= 11 is 5.81. The zero-order valence-electron chi connectivity index (χ0n) is 15.7. The van der Waals surface area contributed by atoms with Crippen LogP contribution in [0.15, 0.2) is 35.5 Å². The van der Waals surface area contributed by atoms with E-state index in [9.17, 15) is 28.1 Å². The van der Waals surface area contributed by atoms with Gasteiger partial charge >= 0.3 is 12.2 Å². The van der Waals surface area contributed by atoms with Gasteiger partial charge in [-0.3, -0.25) is 10.1 Å². The largest absolute Gasteiger partial charge is 0.480 e. The molecule has 0 aliphatic carbocycles. The van der Waals surface area contributed by atoms with Crippen molar-refractivity contribution >= 4 is 29.2 Å². The number of carbonyl (C=O) groups is 1. The van der Waals surface area contributed by atoms with Crippen molar-refractivity contribution in [3.05, 3.63) is 56.7 Å². The number of hydrogen-bond acceptors (Lipinski definition) is 6. The summed E-state index contributed by atoms with van der Waals surface area (Å²) < 4.78 is 48.5. The number of hydrogen-bond donors (Lipinski definition) is 0. The third kappa shape index (κ3) is 5.35. The fourth-order valence-corrected chi connectivity index (χ4v) is 2.28. The second-order valence-electron chi connectivity index (χ2n) is 5.84. The number of alkyl halides is 3. The Morgan fingerprint density at radius 1 is 1.30 bits per heavy atom. The van der Waals surface area contributed by atoms with Gasteiger partial charge in [0, 0.05) is 32.4 Å². The average molecular weight is 447 g/mol. The van der Waals surface area contributed by atoms with Gasteiger partial charge in [-0.15, -0.1) is 0 Å². The van der Waals surface area contributed by atoms with Crippen LogP contribution < -0.4 is 4.74 Å². The van der Waals surface area contributed by atoms with Crippen LogP contribution in [0.2, 0.25) is 5.02 Å². The number of aromatic nitrogens is 1. The Morgan fingerprint density at radius 3 is 2.47 bits per heavy atom. The van der Waals surface area contributed by atoms with Crippen molar-refractivity contribution in [2.45, 2.75) is 6.18 Å². The summed E-state index contributed by atoms with van der Waals surface area (Å²) in [5.41, 5.74) is -1.71. The molecule has 0 unspecified atom stereocenters. The van der Waals surface area contributed by atoms with Crippen molar-refractivity contribution in [2.24, 2.45) is 4.99 Å². The number of methoxy groups -OCH3 is 1. The molecule has 0 radical (unpaired) electrons. The zero-order chi connectivity index (χ0) is 22.6. The van der Waals surface area contributed by atoms with Gasteiger partial charge < -0.3 is 14.4 Å². The molecule has 0 atom stereocenters. The molecule has 2 rings (SSSR count). The molecule has 13 heteroatoms. The number of pyridine rings is 1. The van der Waals surface area contributed by atoms with Crippen LogP contribution in [0, 0.1) is 10.1 Å². The van der Waals surface area contributed by atoms with Gasteiger partial charge in [0.1, 0.15) is 16.3 Å². The molecule has 0 saturated carbocycles. The smallest absolute Gasteiger partial charge is 0.417 e. The van der Waals surface area contributed by atoms with Crippen LogP contribution in [0.5, 0.6) is 11.6 Å². The Balaban J connectivity index is 2.48. The van der Waals surface area contributed by atoms with E-state index in [1.807, 2.05) is 0 Å². The first-order valence-corrected chi connectivity index (χ1v) is 8.35. The van der Waals surface area contributed by atoms with E-state index in [0.29, 0.717) is 12.3 Å². The second kappa shape index (κ2) is 8.95. The standard InChI is InChI=1S/C17H14ClF3N4O5/c1-24(2)16(26)23-14(29-3)11-7-10(4-5-13(11)25(27)28)30-15-12(18)6-9(8-22-15)17(19,20)21/h4-8H,1-3H3. The number of nitrogens with zero attached hydrogens (tertiary/aromatic N) is 4. The summed E-state index contributed by atoms with van der Waals surface area (Å²) in [7, 11) is 4.00. The van der Waals surface area contributed by atoms with Crippen molar-refractivity contribution in [1.82, 2.24) is 9.88 Å². The van der Waals surface area contributed by atoms with Gasteiger partial charge in [-0.1, -0.05) is 11.6 Å². The molecule has 0 saturated heterocycles. The van der Waals surface area contributed by atoms with Gasteiger partial charge in [-0.05, 0) is 12.1 Å². The van der Waals surface area contributed by atoms with Crippen LogP contribution in [-0.4, -0.2) is 47.9 Å². The van der Waals surface area contributed by atoms with Gasteiger partial charge in [0.2, 0.25) is 11.8 Å². The summed E-state index contributed by atoms with van der Waals surface area (Å²) in [6, 6.07) is 3.25. The molecule has 30 heavy (non-hydrogen) atoms.